The lowest BCUT2D eigenvalue weighted by Gasteiger charge is -2.18. The highest BCUT2D eigenvalue weighted by Crippen LogP contribution is 2.14. The summed E-state index contributed by atoms with van der Waals surface area (Å²) in [4.78, 5) is 3.76. The first kappa shape index (κ1) is 14.1. The van der Waals surface area contributed by atoms with Crippen LogP contribution in [0.3, 0.4) is 0 Å². The van der Waals surface area contributed by atoms with Gasteiger partial charge in [-0.05, 0) is 12.1 Å². The van der Waals surface area contributed by atoms with Crippen LogP contribution in [0, 0.1) is 22.7 Å². The number of pyridine rings is 1. The Kier molecular flexibility index (Phi) is 4.78. The summed E-state index contributed by atoms with van der Waals surface area (Å²) in [5.41, 5.74) is 0.161. The second-order valence-corrected chi connectivity index (χ2v) is 5.33. The third-order valence-corrected chi connectivity index (χ3v) is 4.27. The Morgan fingerprint density at radius 1 is 1.39 bits per heavy atom. The molecule has 0 aliphatic heterocycles. The van der Waals surface area contributed by atoms with Crippen LogP contribution >= 0.6 is 0 Å². The van der Waals surface area contributed by atoms with Crippen molar-refractivity contribution in [2.45, 2.75) is 18.2 Å². The lowest BCUT2D eigenvalue weighted by Crippen LogP contribution is -2.31. The molecule has 0 aliphatic rings. The Balaban J connectivity index is 3.04. The van der Waals surface area contributed by atoms with Crippen molar-refractivity contribution >= 4 is 10.0 Å². The molecule has 0 radical (unpaired) electrons. The zero-order valence-electron chi connectivity index (χ0n) is 9.87. The Hall–Kier alpha value is -1.96. The monoisotopic (exact) mass is 264 g/mol. The molecule has 0 saturated carbocycles. The fraction of sp³-hybridized carbons (Fsp3) is 0.364. The third-order valence-electron chi connectivity index (χ3n) is 2.31. The quantitative estimate of drug-likeness (QED) is 0.786. The highest BCUT2D eigenvalue weighted by molar-refractivity contribution is 7.89. The predicted molar refractivity (Wildman–Crippen MR) is 63.6 cm³/mol. The Bertz CT molecular complexity index is 581. The van der Waals surface area contributed by atoms with Crippen LogP contribution in [-0.2, 0) is 10.0 Å². The first-order chi connectivity index (χ1) is 8.56. The fourth-order valence-electron chi connectivity index (χ4n) is 1.37. The van der Waals surface area contributed by atoms with Crippen LogP contribution in [0.15, 0.2) is 23.2 Å². The maximum absolute atomic E-state index is 12.2. The molecule has 0 fully saturated rings. The van der Waals surface area contributed by atoms with Crippen molar-refractivity contribution in [2.75, 3.05) is 13.1 Å². The van der Waals surface area contributed by atoms with Gasteiger partial charge in [0.15, 0.2) is 0 Å². The standard InChI is InChI=1S/C11H12N4O2S/c1-2-15(7-3-6-12)18(16,17)11-5-4-10(8-13)14-9-11/h4-5,9H,2-3,7H2,1H3. The van der Waals surface area contributed by atoms with Crippen LogP contribution in [0.2, 0.25) is 0 Å². The molecule has 1 rings (SSSR count). The van der Waals surface area contributed by atoms with Gasteiger partial charge in [-0.2, -0.15) is 14.8 Å². The van der Waals surface area contributed by atoms with E-state index in [1.807, 2.05) is 12.1 Å². The fourth-order valence-corrected chi connectivity index (χ4v) is 2.77. The average Bonchev–Trinajstić information content (AvgIpc) is 2.39. The van der Waals surface area contributed by atoms with Crippen LogP contribution in [0.1, 0.15) is 19.0 Å². The van der Waals surface area contributed by atoms with E-state index >= 15 is 0 Å². The minimum atomic E-state index is -3.64. The zero-order chi connectivity index (χ0) is 13.6. The summed E-state index contributed by atoms with van der Waals surface area (Å²) in [6, 6.07) is 6.43. The molecule has 1 aromatic rings. The summed E-state index contributed by atoms with van der Waals surface area (Å²) in [5.74, 6) is 0. The Morgan fingerprint density at radius 2 is 2.11 bits per heavy atom. The first-order valence-electron chi connectivity index (χ1n) is 5.29. The Morgan fingerprint density at radius 3 is 2.56 bits per heavy atom. The number of nitrogens with zero attached hydrogens (tertiary/aromatic N) is 4. The van der Waals surface area contributed by atoms with E-state index in [1.165, 1.54) is 16.4 Å². The van der Waals surface area contributed by atoms with Crippen molar-refractivity contribution < 1.29 is 8.42 Å². The number of hydrogen-bond donors (Lipinski definition) is 0. The van der Waals surface area contributed by atoms with Crippen LogP contribution in [0.25, 0.3) is 0 Å². The van der Waals surface area contributed by atoms with E-state index in [-0.39, 0.29) is 30.1 Å². The van der Waals surface area contributed by atoms with Crippen LogP contribution in [0.5, 0.6) is 0 Å². The van der Waals surface area contributed by atoms with Gasteiger partial charge in [-0.25, -0.2) is 13.4 Å². The van der Waals surface area contributed by atoms with E-state index in [4.69, 9.17) is 10.5 Å². The maximum Gasteiger partial charge on any atom is 0.244 e. The molecule has 1 aromatic heterocycles. The van der Waals surface area contributed by atoms with Crippen molar-refractivity contribution in [2.24, 2.45) is 0 Å². The molecule has 6 nitrogen and oxygen atoms in total. The van der Waals surface area contributed by atoms with Gasteiger partial charge in [0.1, 0.15) is 16.7 Å². The molecule has 7 heteroatoms. The molecule has 0 amide bonds. The largest absolute Gasteiger partial charge is 0.244 e. The van der Waals surface area contributed by atoms with Gasteiger partial charge in [0.25, 0.3) is 0 Å². The van der Waals surface area contributed by atoms with Crippen LogP contribution in [-0.4, -0.2) is 30.8 Å². The summed E-state index contributed by atoms with van der Waals surface area (Å²) >= 11 is 0. The van der Waals surface area contributed by atoms with E-state index in [0.29, 0.717) is 0 Å². The van der Waals surface area contributed by atoms with E-state index in [2.05, 4.69) is 4.98 Å². The summed E-state index contributed by atoms with van der Waals surface area (Å²) in [6.07, 6.45) is 1.29. The van der Waals surface area contributed by atoms with E-state index in [1.54, 1.807) is 6.92 Å². The van der Waals surface area contributed by atoms with Gasteiger partial charge in [-0.15, -0.1) is 0 Å². The minimum absolute atomic E-state index is 0.0290. The van der Waals surface area contributed by atoms with Crippen molar-refractivity contribution in [1.82, 2.24) is 9.29 Å². The molecule has 94 valence electrons. The molecule has 0 unspecified atom stereocenters. The lowest BCUT2D eigenvalue weighted by molar-refractivity contribution is 0.434. The summed E-state index contributed by atoms with van der Waals surface area (Å²) in [5, 5.41) is 17.1. The molecule has 0 aromatic carbocycles. The first-order valence-corrected chi connectivity index (χ1v) is 6.73. The smallest absolute Gasteiger partial charge is 0.244 e. The Labute approximate surface area is 106 Å². The van der Waals surface area contributed by atoms with Crippen LogP contribution < -0.4 is 0 Å². The molecule has 0 aliphatic carbocycles. The van der Waals surface area contributed by atoms with Crippen molar-refractivity contribution in [1.29, 1.82) is 10.5 Å². The lowest BCUT2D eigenvalue weighted by atomic mass is 10.4. The second-order valence-electron chi connectivity index (χ2n) is 3.40. The molecular formula is C11H12N4O2S. The molecule has 0 atom stereocenters. The van der Waals surface area contributed by atoms with Gasteiger partial charge in [0.05, 0.1) is 6.07 Å². The van der Waals surface area contributed by atoms with Crippen molar-refractivity contribution in [3.63, 3.8) is 0 Å². The normalized spacial score (nSPS) is 10.9. The molecule has 0 bridgehead atoms. The van der Waals surface area contributed by atoms with Gasteiger partial charge in [0, 0.05) is 25.7 Å². The highest BCUT2D eigenvalue weighted by atomic mass is 32.2. The predicted octanol–water partition coefficient (Wildman–Crippen LogP) is 0.878. The van der Waals surface area contributed by atoms with Gasteiger partial charge in [0.2, 0.25) is 10.0 Å². The van der Waals surface area contributed by atoms with Gasteiger partial charge in [-0.1, -0.05) is 6.92 Å². The van der Waals surface area contributed by atoms with E-state index in [9.17, 15) is 8.42 Å². The SMILES string of the molecule is CCN(CCC#N)S(=O)(=O)c1ccc(C#N)nc1. The van der Waals surface area contributed by atoms with E-state index < -0.39 is 10.0 Å². The minimum Gasteiger partial charge on any atom is -0.244 e. The summed E-state index contributed by atoms with van der Waals surface area (Å²) in [7, 11) is -3.64. The van der Waals surface area contributed by atoms with Crippen molar-refractivity contribution in [3.8, 4) is 12.1 Å². The molecule has 0 saturated heterocycles. The van der Waals surface area contributed by atoms with Gasteiger partial charge in [-0.3, -0.25) is 0 Å². The topological polar surface area (TPSA) is 97.9 Å². The summed E-state index contributed by atoms with van der Waals surface area (Å²) in [6.45, 7) is 2.13. The molecular weight excluding hydrogens is 252 g/mol. The number of sulfonamides is 1. The second kappa shape index (κ2) is 6.10. The zero-order valence-corrected chi connectivity index (χ0v) is 10.7. The third kappa shape index (κ3) is 3.04. The average molecular weight is 264 g/mol. The molecule has 1 heterocycles. The maximum atomic E-state index is 12.2. The molecule has 0 N–H and O–H groups in total. The number of rotatable bonds is 5. The number of aromatic nitrogens is 1. The van der Waals surface area contributed by atoms with Gasteiger partial charge >= 0.3 is 0 Å². The van der Waals surface area contributed by atoms with Crippen molar-refractivity contribution in [3.05, 3.63) is 24.0 Å². The summed E-state index contributed by atoms with van der Waals surface area (Å²) < 4.78 is 25.5. The van der Waals surface area contributed by atoms with Crippen LogP contribution in [0.4, 0.5) is 0 Å². The number of nitriles is 2. The molecule has 18 heavy (non-hydrogen) atoms. The van der Waals surface area contributed by atoms with E-state index in [0.717, 1.165) is 6.20 Å². The molecule has 0 spiro atoms. The number of hydrogen-bond acceptors (Lipinski definition) is 5. The highest BCUT2D eigenvalue weighted by Gasteiger charge is 2.22. The van der Waals surface area contributed by atoms with Gasteiger partial charge < -0.3 is 0 Å².